The molecule has 0 saturated carbocycles. The highest BCUT2D eigenvalue weighted by Crippen LogP contribution is 1.97. The van der Waals surface area contributed by atoms with Crippen LogP contribution in [0.1, 0.15) is 25.7 Å². The van der Waals surface area contributed by atoms with Crippen molar-refractivity contribution in [3.05, 3.63) is 0 Å². The standard InChI is InChI=1S/C9H20N2O3/c12-8-7-10-5-3-1-2-4-6-11-9(13)14/h10-12H,1-8H2,(H,13,14). The van der Waals surface area contributed by atoms with Crippen LogP contribution in [0.5, 0.6) is 0 Å². The lowest BCUT2D eigenvalue weighted by Crippen LogP contribution is -2.22. The maximum atomic E-state index is 10.1. The maximum absolute atomic E-state index is 10.1. The van der Waals surface area contributed by atoms with E-state index in [0.29, 0.717) is 13.1 Å². The Morgan fingerprint density at radius 2 is 1.64 bits per heavy atom. The van der Waals surface area contributed by atoms with Gasteiger partial charge in [0.2, 0.25) is 0 Å². The van der Waals surface area contributed by atoms with Crippen LogP contribution in [0.4, 0.5) is 4.79 Å². The van der Waals surface area contributed by atoms with Crippen molar-refractivity contribution < 1.29 is 15.0 Å². The Kier molecular flexibility index (Phi) is 9.68. The molecule has 0 bridgehead atoms. The minimum Gasteiger partial charge on any atom is -0.465 e. The highest BCUT2D eigenvalue weighted by atomic mass is 16.4. The molecule has 0 aromatic rings. The van der Waals surface area contributed by atoms with Crippen LogP contribution in [-0.4, -0.2) is 42.5 Å². The quantitative estimate of drug-likeness (QED) is 0.410. The Labute approximate surface area is 84.5 Å². The van der Waals surface area contributed by atoms with Crippen molar-refractivity contribution in [3.8, 4) is 0 Å². The second-order valence-electron chi connectivity index (χ2n) is 3.12. The maximum Gasteiger partial charge on any atom is 0.404 e. The summed E-state index contributed by atoms with van der Waals surface area (Å²) in [5.74, 6) is 0. The van der Waals surface area contributed by atoms with Gasteiger partial charge >= 0.3 is 6.09 Å². The van der Waals surface area contributed by atoms with E-state index in [1.165, 1.54) is 0 Å². The van der Waals surface area contributed by atoms with Crippen molar-refractivity contribution >= 4 is 6.09 Å². The van der Waals surface area contributed by atoms with E-state index in [-0.39, 0.29) is 6.61 Å². The SMILES string of the molecule is O=C(O)NCCCCCCNCCO. The second-order valence-corrected chi connectivity index (χ2v) is 3.12. The van der Waals surface area contributed by atoms with E-state index in [4.69, 9.17) is 10.2 Å². The van der Waals surface area contributed by atoms with Crippen LogP contribution in [0.3, 0.4) is 0 Å². The van der Waals surface area contributed by atoms with E-state index in [9.17, 15) is 4.79 Å². The van der Waals surface area contributed by atoms with Crippen LogP contribution >= 0.6 is 0 Å². The molecule has 5 heteroatoms. The van der Waals surface area contributed by atoms with Gasteiger partial charge in [-0.15, -0.1) is 0 Å². The Morgan fingerprint density at radius 3 is 2.21 bits per heavy atom. The first-order valence-electron chi connectivity index (χ1n) is 5.05. The predicted molar refractivity (Wildman–Crippen MR) is 54.5 cm³/mol. The van der Waals surface area contributed by atoms with E-state index in [2.05, 4.69) is 10.6 Å². The molecule has 0 fully saturated rings. The van der Waals surface area contributed by atoms with Gasteiger partial charge in [0.05, 0.1) is 6.61 Å². The van der Waals surface area contributed by atoms with Gasteiger partial charge in [-0.3, -0.25) is 0 Å². The fourth-order valence-electron chi connectivity index (χ4n) is 1.13. The van der Waals surface area contributed by atoms with Gasteiger partial charge in [0.25, 0.3) is 0 Å². The molecular formula is C9H20N2O3. The van der Waals surface area contributed by atoms with Gasteiger partial charge in [0.1, 0.15) is 0 Å². The Morgan fingerprint density at radius 1 is 1.00 bits per heavy atom. The van der Waals surface area contributed by atoms with Crippen LogP contribution in [0.15, 0.2) is 0 Å². The van der Waals surface area contributed by atoms with Crippen LogP contribution in [0.25, 0.3) is 0 Å². The Balaban J connectivity index is 2.88. The van der Waals surface area contributed by atoms with E-state index >= 15 is 0 Å². The zero-order valence-corrected chi connectivity index (χ0v) is 8.46. The number of carboxylic acid groups (broad SMARTS) is 1. The zero-order valence-electron chi connectivity index (χ0n) is 8.46. The molecule has 0 heterocycles. The summed E-state index contributed by atoms with van der Waals surface area (Å²) in [5, 5.41) is 22.1. The summed E-state index contributed by atoms with van der Waals surface area (Å²) in [6.45, 7) is 2.30. The normalized spacial score (nSPS) is 10.1. The number of unbranched alkanes of at least 4 members (excludes halogenated alkanes) is 3. The van der Waals surface area contributed by atoms with E-state index in [1.807, 2.05) is 0 Å². The average molecular weight is 204 g/mol. The molecule has 0 atom stereocenters. The van der Waals surface area contributed by atoms with Crippen molar-refractivity contribution in [2.75, 3.05) is 26.2 Å². The van der Waals surface area contributed by atoms with Gasteiger partial charge in [-0.1, -0.05) is 12.8 Å². The summed E-state index contributed by atoms with van der Waals surface area (Å²) in [5.41, 5.74) is 0. The smallest absolute Gasteiger partial charge is 0.404 e. The third-order valence-corrected chi connectivity index (χ3v) is 1.85. The van der Waals surface area contributed by atoms with Crippen molar-refractivity contribution in [3.63, 3.8) is 0 Å². The zero-order chi connectivity index (χ0) is 10.6. The summed E-state index contributed by atoms with van der Waals surface area (Å²) < 4.78 is 0. The van der Waals surface area contributed by atoms with E-state index in [0.717, 1.165) is 32.2 Å². The molecule has 0 rings (SSSR count). The van der Waals surface area contributed by atoms with Crippen molar-refractivity contribution in [1.29, 1.82) is 0 Å². The lowest BCUT2D eigenvalue weighted by Gasteiger charge is -2.03. The molecule has 84 valence electrons. The summed E-state index contributed by atoms with van der Waals surface area (Å²) in [7, 11) is 0. The second kappa shape index (κ2) is 10.3. The Hall–Kier alpha value is -0.810. The summed E-state index contributed by atoms with van der Waals surface area (Å²) in [4.78, 5) is 10.1. The predicted octanol–water partition coefficient (Wildman–Crippen LogP) is 0.396. The minimum absolute atomic E-state index is 0.183. The summed E-state index contributed by atoms with van der Waals surface area (Å²) in [6.07, 6.45) is 3.16. The van der Waals surface area contributed by atoms with Gasteiger partial charge in [-0.25, -0.2) is 4.79 Å². The Bertz CT molecular complexity index is 142. The van der Waals surface area contributed by atoms with Crippen molar-refractivity contribution in [2.24, 2.45) is 0 Å². The molecule has 0 aromatic carbocycles. The number of hydrogen-bond acceptors (Lipinski definition) is 3. The minimum atomic E-state index is -0.949. The molecule has 0 aliphatic carbocycles. The van der Waals surface area contributed by atoms with Gasteiger partial charge in [-0.2, -0.15) is 0 Å². The molecule has 0 saturated heterocycles. The number of aliphatic hydroxyl groups is 1. The lowest BCUT2D eigenvalue weighted by molar-refractivity contribution is 0.194. The van der Waals surface area contributed by atoms with Crippen LogP contribution < -0.4 is 10.6 Å². The number of nitrogens with one attached hydrogen (secondary N) is 2. The highest BCUT2D eigenvalue weighted by Gasteiger charge is 1.93. The molecule has 1 amide bonds. The molecule has 4 N–H and O–H groups in total. The number of amides is 1. The first-order valence-corrected chi connectivity index (χ1v) is 5.05. The van der Waals surface area contributed by atoms with Crippen molar-refractivity contribution in [2.45, 2.75) is 25.7 Å². The molecule has 0 radical (unpaired) electrons. The topological polar surface area (TPSA) is 81.6 Å². The van der Waals surface area contributed by atoms with Crippen LogP contribution in [0, 0.1) is 0 Å². The molecule has 0 aromatic heterocycles. The number of hydrogen-bond donors (Lipinski definition) is 4. The largest absolute Gasteiger partial charge is 0.465 e. The number of aliphatic hydroxyl groups excluding tert-OH is 1. The third-order valence-electron chi connectivity index (χ3n) is 1.85. The fraction of sp³-hybridized carbons (Fsp3) is 0.889. The molecule has 0 unspecified atom stereocenters. The summed E-state index contributed by atoms with van der Waals surface area (Å²) in [6, 6.07) is 0. The molecule has 14 heavy (non-hydrogen) atoms. The number of rotatable bonds is 9. The van der Waals surface area contributed by atoms with E-state index in [1.54, 1.807) is 0 Å². The van der Waals surface area contributed by atoms with Gasteiger partial charge in [0, 0.05) is 13.1 Å². The van der Waals surface area contributed by atoms with Crippen LogP contribution in [-0.2, 0) is 0 Å². The molecular weight excluding hydrogens is 184 g/mol. The van der Waals surface area contributed by atoms with Gasteiger partial charge in [-0.05, 0) is 19.4 Å². The van der Waals surface area contributed by atoms with Crippen molar-refractivity contribution in [1.82, 2.24) is 10.6 Å². The van der Waals surface area contributed by atoms with Crippen LogP contribution in [0.2, 0.25) is 0 Å². The average Bonchev–Trinajstić information content (AvgIpc) is 2.15. The van der Waals surface area contributed by atoms with E-state index < -0.39 is 6.09 Å². The van der Waals surface area contributed by atoms with Gasteiger partial charge < -0.3 is 20.8 Å². The van der Waals surface area contributed by atoms with Gasteiger partial charge in [0.15, 0.2) is 0 Å². The summed E-state index contributed by atoms with van der Waals surface area (Å²) >= 11 is 0. The molecule has 0 spiro atoms. The highest BCUT2D eigenvalue weighted by molar-refractivity contribution is 5.64. The molecule has 0 aliphatic heterocycles. The lowest BCUT2D eigenvalue weighted by atomic mass is 10.2. The molecule has 0 aliphatic rings. The molecule has 5 nitrogen and oxygen atoms in total. The first kappa shape index (κ1) is 13.2. The first-order chi connectivity index (χ1) is 6.77. The fourth-order valence-corrected chi connectivity index (χ4v) is 1.13. The third kappa shape index (κ3) is 11.2. The number of carbonyl (C=O) groups is 1. The monoisotopic (exact) mass is 204 g/mol.